The Morgan fingerprint density at radius 1 is 1.27 bits per heavy atom. The van der Waals surface area contributed by atoms with Crippen LogP contribution in [0.4, 0.5) is 5.13 Å². The van der Waals surface area contributed by atoms with Gasteiger partial charge in [-0.05, 0) is 37.4 Å². The third-order valence-electron chi connectivity index (χ3n) is 4.59. The smallest absolute Gasteiger partial charge is 0.350 e. The van der Waals surface area contributed by atoms with E-state index in [1.807, 2.05) is 0 Å². The maximum absolute atomic E-state index is 13.1. The van der Waals surface area contributed by atoms with Crippen molar-refractivity contribution in [2.75, 3.05) is 12.0 Å². The van der Waals surface area contributed by atoms with Crippen molar-refractivity contribution in [2.45, 2.75) is 19.9 Å². The van der Waals surface area contributed by atoms with E-state index in [1.54, 1.807) is 37.4 Å². The Morgan fingerprint density at radius 2 is 2.03 bits per heavy atom. The van der Waals surface area contributed by atoms with Crippen LogP contribution in [-0.2, 0) is 9.53 Å². The van der Waals surface area contributed by atoms with Crippen LogP contribution in [0, 0.1) is 13.8 Å². The van der Waals surface area contributed by atoms with Crippen molar-refractivity contribution in [1.29, 1.82) is 0 Å². The first-order chi connectivity index (χ1) is 14.3. The van der Waals surface area contributed by atoms with Crippen LogP contribution in [0.3, 0.4) is 0 Å². The molecule has 0 saturated heterocycles. The molecular weight excluding hydrogens is 428 g/mol. The number of Topliss-reactive ketones (excluding diaryl/α,β-unsaturated/α-hetero) is 1. The van der Waals surface area contributed by atoms with E-state index in [0.29, 0.717) is 16.3 Å². The summed E-state index contributed by atoms with van der Waals surface area (Å²) >= 11 is 2.29. The number of aliphatic hydroxyl groups excluding tert-OH is 1. The van der Waals surface area contributed by atoms with Gasteiger partial charge in [0, 0.05) is 4.88 Å². The number of furan rings is 1. The Kier molecular flexibility index (Phi) is 5.04. The first-order valence-electron chi connectivity index (χ1n) is 8.80. The molecule has 1 amide bonds. The van der Waals surface area contributed by atoms with Crippen LogP contribution >= 0.6 is 22.7 Å². The number of thiazole rings is 1. The number of carbonyl (C=O) groups is 3. The summed E-state index contributed by atoms with van der Waals surface area (Å²) in [6.45, 7) is 3.32. The molecule has 154 valence electrons. The van der Waals surface area contributed by atoms with Crippen LogP contribution in [0.5, 0.6) is 0 Å². The number of hydrogen-bond acceptors (Lipinski definition) is 9. The number of nitrogens with zero attached hydrogens (tertiary/aromatic N) is 2. The Bertz CT molecular complexity index is 1190. The minimum atomic E-state index is -0.897. The highest BCUT2D eigenvalue weighted by molar-refractivity contribution is 7.17. The number of rotatable bonds is 5. The maximum atomic E-state index is 13.1. The maximum Gasteiger partial charge on any atom is 0.350 e. The van der Waals surface area contributed by atoms with Gasteiger partial charge in [0.1, 0.15) is 16.7 Å². The number of esters is 1. The summed E-state index contributed by atoms with van der Waals surface area (Å²) in [4.78, 5) is 44.6. The normalized spacial score (nSPS) is 16.4. The number of anilines is 1. The van der Waals surface area contributed by atoms with Gasteiger partial charge < -0.3 is 14.3 Å². The van der Waals surface area contributed by atoms with Crippen molar-refractivity contribution in [3.8, 4) is 0 Å². The molecule has 30 heavy (non-hydrogen) atoms. The Labute approximate surface area is 179 Å². The average molecular weight is 444 g/mol. The standard InChI is InChI=1S/C20H16N2O6S2/c1-9-6-7-11(28-9)15(23)13-14(12-5-4-8-29-12)22(18(25)16(13)24)20-21-10(2)17(30-20)19(26)27-3/h4-8,14,24H,1-3H3/t14-/m1/s1. The van der Waals surface area contributed by atoms with Crippen molar-refractivity contribution in [3.63, 3.8) is 0 Å². The number of ether oxygens (including phenoxy) is 1. The van der Waals surface area contributed by atoms with E-state index in [-0.39, 0.29) is 21.3 Å². The van der Waals surface area contributed by atoms with Gasteiger partial charge >= 0.3 is 5.97 Å². The number of aliphatic hydroxyl groups is 1. The highest BCUT2D eigenvalue weighted by Crippen LogP contribution is 2.45. The minimum absolute atomic E-state index is 0.0239. The van der Waals surface area contributed by atoms with Gasteiger partial charge in [0.15, 0.2) is 16.7 Å². The van der Waals surface area contributed by atoms with Gasteiger partial charge in [0.05, 0.1) is 18.4 Å². The van der Waals surface area contributed by atoms with E-state index in [2.05, 4.69) is 4.98 Å². The summed E-state index contributed by atoms with van der Waals surface area (Å²) in [7, 11) is 1.26. The van der Waals surface area contributed by atoms with Crippen molar-refractivity contribution < 1.29 is 28.6 Å². The fourth-order valence-corrected chi connectivity index (χ4v) is 5.04. The molecular formula is C20H16N2O6S2. The summed E-state index contributed by atoms with van der Waals surface area (Å²) in [5.41, 5.74) is 0.296. The number of hydrogen-bond donors (Lipinski definition) is 1. The summed E-state index contributed by atoms with van der Waals surface area (Å²) in [5.74, 6) is -2.04. The number of ketones is 1. The lowest BCUT2D eigenvalue weighted by Gasteiger charge is -2.22. The van der Waals surface area contributed by atoms with Crippen LogP contribution in [0.25, 0.3) is 0 Å². The van der Waals surface area contributed by atoms with E-state index in [0.717, 1.165) is 11.3 Å². The van der Waals surface area contributed by atoms with Gasteiger partial charge in [-0.15, -0.1) is 11.3 Å². The number of amides is 1. The predicted molar refractivity (Wildman–Crippen MR) is 110 cm³/mol. The second-order valence-corrected chi connectivity index (χ2v) is 8.45. The highest BCUT2D eigenvalue weighted by atomic mass is 32.1. The first kappa shape index (κ1) is 20.0. The van der Waals surface area contributed by atoms with Gasteiger partial charge in [0.2, 0.25) is 5.78 Å². The Hall–Kier alpha value is -3.24. The van der Waals surface area contributed by atoms with Crippen molar-refractivity contribution in [1.82, 2.24) is 4.98 Å². The van der Waals surface area contributed by atoms with Gasteiger partial charge in [-0.2, -0.15) is 0 Å². The van der Waals surface area contributed by atoms with E-state index < -0.39 is 29.5 Å². The van der Waals surface area contributed by atoms with Crippen LogP contribution in [0.1, 0.15) is 42.6 Å². The second kappa shape index (κ2) is 7.54. The molecule has 0 spiro atoms. The lowest BCUT2D eigenvalue weighted by molar-refractivity contribution is -0.117. The minimum Gasteiger partial charge on any atom is -0.503 e. The fraction of sp³-hybridized carbons (Fsp3) is 0.200. The van der Waals surface area contributed by atoms with Crippen molar-refractivity contribution in [2.24, 2.45) is 0 Å². The molecule has 0 radical (unpaired) electrons. The van der Waals surface area contributed by atoms with Crippen LogP contribution < -0.4 is 4.90 Å². The molecule has 0 saturated carbocycles. The number of methoxy groups -OCH3 is 1. The zero-order chi connectivity index (χ0) is 21.6. The number of aryl methyl sites for hydroxylation is 2. The van der Waals surface area contributed by atoms with Gasteiger partial charge in [-0.3, -0.25) is 14.5 Å². The predicted octanol–water partition coefficient (Wildman–Crippen LogP) is 3.98. The van der Waals surface area contributed by atoms with Crippen LogP contribution in [-0.4, -0.2) is 34.9 Å². The van der Waals surface area contributed by atoms with Crippen molar-refractivity contribution >= 4 is 45.5 Å². The molecule has 3 aromatic rings. The average Bonchev–Trinajstić information content (AvgIpc) is 3.49. The summed E-state index contributed by atoms with van der Waals surface area (Å²) in [6, 6.07) is 5.78. The second-order valence-electron chi connectivity index (χ2n) is 6.50. The quantitative estimate of drug-likeness (QED) is 0.468. The number of carbonyl (C=O) groups excluding carboxylic acids is 3. The van der Waals surface area contributed by atoms with Crippen molar-refractivity contribution in [3.05, 3.63) is 67.9 Å². The van der Waals surface area contributed by atoms with Crippen LogP contribution in [0.15, 0.2) is 45.4 Å². The summed E-state index contributed by atoms with van der Waals surface area (Å²) in [5, 5.41) is 12.6. The third-order valence-corrected chi connectivity index (χ3v) is 6.65. The zero-order valence-electron chi connectivity index (χ0n) is 16.2. The lowest BCUT2D eigenvalue weighted by atomic mass is 10.0. The molecule has 0 aromatic carbocycles. The molecule has 0 unspecified atom stereocenters. The monoisotopic (exact) mass is 444 g/mol. The van der Waals surface area contributed by atoms with E-state index in [9.17, 15) is 19.5 Å². The molecule has 1 aliphatic heterocycles. The van der Waals surface area contributed by atoms with E-state index >= 15 is 0 Å². The molecule has 1 aliphatic rings. The topological polar surface area (TPSA) is 110 Å². The molecule has 10 heteroatoms. The first-order valence-corrected chi connectivity index (χ1v) is 10.5. The van der Waals surface area contributed by atoms with Gasteiger partial charge in [-0.1, -0.05) is 17.4 Å². The molecule has 3 aromatic heterocycles. The van der Waals surface area contributed by atoms with E-state index in [4.69, 9.17) is 9.15 Å². The number of thiophene rings is 1. The molecule has 0 aliphatic carbocycles. The molecule has 1 N–H and O–H groups in total. The number of aromatic nitrogens is 1. The lowest BCUT2D eigenvalue weighted by Crippen LogP contribution is -2.30. The molecule has 4 rings (SSSR count). The molecule has 1 atom stereocenters. The van der Waals surface area contributed by atoms with E-state index in [1.165, 1.54) is 29.4 Å². The summed E-state index contributed by atoms with van der Waals surface area (Å²) in [6.07, 6.45) is 0. The largest absolute Gasteiger partial charge is 0.503 e. The van der Waals surface area contributed by atoms with Gasteiger partial charge in [-0.25, -0.2) is 9.78 Å². The van der Waals surface area contributed by atoms with Gasteiger partial charge in [0.25, 0.3) is 5.91 Å². The molecule has 8 nitrogen and oxygen atoms in total. The zero-order valence-corrected chi connectivity index (χ0v) is 17.8. The SMILES string of the molecule is COC(=O)c1sc(N2C(=O)C(O)=C(C(=O)c3ccc(C)o3)[C@H]2c2cccs2)nc1C. The Morgan fingerprint density at radius 3 is 2.63 bits per heavy atom. The molecule has 0 bridgehead atoms. The molecule has 4 heterocycles. The Balaban J connectivity index is 1.84. The highest BCUT2D eigenvalue weighted by Gasteiger charge is 2.47. The summed E-state index contributed by atoms with van der Waals surface area (Å²) < 4.78 is 10.2. The third kappa shape index (κ3) is 3.14. The fourth-order valence-electron chi connectivity index (χ4n) is 3.21. The van der Waals surface area contributed by atoms with Crippen LogP contribution in [0.2, 0.25) is 0 Å². The molecule has 0 fully saturated rings.